The van der Waals surface area contributed by atoms with E-state index >= 15 is 0 Å². The van der Waals surface area contributed by atoms with Crippen LogP contribution in [0.3, 0.4) is 0 Å². The molecule has 1 N–H and O–H groups in total. The highest BCUT2D eigenvalue weighted by Crippen LogP contribution is 2.36. The summed E-state index contributed by atoms with van der Waals surface area (Å²) in [4.78, 5) is 14.6. The molecule has 4 rings (SSSR count). The summed E-state index contributed by atoms with van der Waals surface area (Å²) in [6.45, 7) is 1.35. The Balaban J connectivity index is 1.46. The summed E-state index contributed by atoms with van der Waals surface area (Å²) in [5, 5.41) is 13.3. The Morgan fingerprint density at radius 3 is 2.44 bits per heavy atom. The molecule has 0 radical (unpaired) electrons. The van der Waals surface area contributed by atoms with Gasteiger partial charge in [0.1, 0.15) is 0 Å². The number of aromatic nitrogens is 2. The van der Waals surface area contributed by atoms with Crippen LogP contribution in [0.25, 0.3) is 5.69 Å². The molecule has 1 saturated heterocycles. The first kappa shape index (κ1) is 18.0. The minimum absolute atomic E-state index is 0.0816. The van der Waals surface area contributed by atoms with Crippen LogP contribution in [-0.4, -0.2) is 44.9 Å². The molecule has 2 aliphatic rings. The smallest absolute Gasteiger partial charge is 0.393 e. The predicted molar refractivity (Wildman–Crippen MR) is 91.3 cm³/mol. The molecule has 3 unspecified atom stereocenters. The summed E-state index contributed by atoms with van der Waals surface area (Å²) in [6.07, 6.45) is -1.03. The molecule has 2 fully saturated rings. The number of aliphatic hydroxyl groups is 1. The van der Waals surface area contributed by atoms with Gasteiger partial charge in [-0.05, 0) is 61.4 Å². The molecule has 3 atom stereocenters. The Labute approximate surface area is 154 Å². The van der Waals surface area contributed by atoms with Crippen molar-refractivity contribution in [2.75, 3.05) is 13.1 Å². The molecule has 1 saturated carbocycles. The number of aliphatic hydroxyl groups excluding tert-OH is 1. The van der Waals surface area contributed by atoms with Crippen LogP contribution in [0.5, 0.6) is 0 Å². The maximum absolute atomic E-state index is 12.7. The number of nitrogens with zero attached hydrogens (tertiary/aromatic N) is 3. The molecule has 27 heavy (non-hydrogen) atoms. The number of carbonyl (C=O) groups excluding carboxylic acids is 1. The number of halogens is 3. The first-order valence-electron chi connectivity index (χ1n) is 9.02. The Morgan fingerprint density at radius 2 is 1.78 bits per heavy atom. The third kappa shape index (κ3) is 3.58. The summed E-state index contributed by atoms with van der Waals surface area (Å²) in [7, 11) is 0. The van der Waals surface area contributed by atoms with Crippen molar-refractivity contribution >= 4 is 5.91 Å². The van der Waals surface area contributed by atoms with Crippen molar-refractivity contribution in [3.63, 3.8) is 0 Å². The van der Waals surface area contributed by atoms with Gasteiger partial charge < -0.3 is 10.0 Å². The first-order chi connectivity index (χ1) is 12.8. The van der Waals surface area contributed by atoms with Crippen molar-refractivity contribution in [2.24, 2.45) is 11.8 Å². The molecule has 1 aliphatic carbocycles. The Kier molecular flexibility index (Phi) is 4.46. The van der Waals surface area contributed by atoms with Crippen LogP contribution in [0.1, 0.15) is 35.3 Å². The van der Waals surface area contributed by atoms with E-state index in [0.29, 0.717) is 36.2 Å². The second-order valence-corrected chi connectivity index (χ2v) is 7.39. The largest absolute Gasteiger partial charge is 0.435 e. The van der Waals surface area contributed by atoms with Gasteiger partial charge in [-0.25, -0.2) is 4.68 Å². The quantitative estimate of drug-likeness (QED) is 0.872. The predicted octanol–water partition coefficient (Wildman–Crippen LogP) is 3.12. The number of carbonyl (C=O) groups is 1. The topological polar surface area (TPSA) is 58.4 Å². The van der Waals surface area contributed by atoms with Gasteiger partial charge >= 0.3 is 6.18 Å². The third-order valence-electron chi connectivity index (χ3n) is 5.57. The first-order valence-corrected chi connectivity index (χ1v) is 9.02. The lowest BCUT2D eigenvalue weighted by molar-refractivity contribution is -0.141. The van der Waals surface area contributed by atoms with Gasteiger partial charge in [-0.3, -0.25) is 4.79 Å². The SMILES string of the molecule is O=C(c1ccc(-n2ccc(C(F)(F)F)n2)cc1)N1CC2CCC(O)CC2C1. The highest BCUT2D eigenvalue weighted by atomic mass is 19.4. The third-order valence-corrected chi connectivity index (χ3v) is 5.57. The Hall–Kier alpha value is -2.35. The lowest BCUT2D eigenvalue weighted by Crippen LogP contribution is -2.29. The molecular formula is C19H20F3N3O2. The van der Waals surface area contributed by atoms with Crippen molar-refractivity contribution < 1.29 is 23.1 Å². The van der Waals surface area contributed by atoms with Crippen LogP contribution < -0.4 is 0 Å². The van der Waals surface area contributed by atoms with Gasteiger partial charge in [0.25, 0.3) is 5.91 Å². The molecule has 0 bridgehead atoms. The van der Waals surface area contributed by atoms with Crippen molar-refractivity contribution in [3.05, 3.63) is 47.8 Å². The summed E-state index contributed by atoms with van der Waals surface area (Å²) in [5.41, 5.74) is 0.00548. The second-order valence-electron chi connectivity index (χ2n) is 7.39. The van der Waals surface area contributed by atoms with Gasteiger partial charge in [0.15, 0.2) is 5.69 Å². The van der Waals surface area contributed by atoms with Crippen molar-refractivity contribution in [1.29, 1.82) is 0 Å². The van der Waals surface area contributed by atoms with Crippen LogP contribution >= 0.6 is 0 Å². The number of rotatable bonds is 2. The summed E-state index contributed by atoms with van der Waals surface area (Å²) >= 11 is 0. The van der Waals surface area contributed by atoms with Gasteiger partial charge in [0.05, 0.1) is 11.8 Å². The molecule has 1 aliphatic heterocycles. The fraction of sp³-hybridized carbons (Fsp3) is 0.474. The maximum atomic E-state index is 12.7. The lowest BCUT2D eigenvalue weighted by Gasteiger charge is -2.27. The zero-order valence-electron chi connectivity index (χ0n) is 14.6. The number of likely N-dealkylation sites (tertiary alicyclic amines) is 1. The van der Waals surface area contributed by atoms with Crippen LogP contribution in [0.15, 0.2) is 36.5 Å². The van der Waals surface area contributed by atoms with E-state index in [-0.39, 0.29) is 12.0 Å². The molecular weight excluding hydrogens is 359 g/mol. The van der Waals surface area contributed by atoms with Gasteiger partial charge in [-0.2, -0.15) is 18.3 Å². The number of hydrogen-bond donors (Lipinski definition) is 1. The van der Waals surface area contributed by atoms with E-state index in [1.165, 1.54) is 6.20 Å². The van der Waals surface area contributed by atoms with Crippen LogP contribution in [0, 0.1) is 11.8 Å². The number of benzene rings is 1. The molecule has 1 aromatic carbocycles. The molecule has 144 valence electrons. The highest BCUT2D eigenvalue weighted by molar-refractivity contribution is 5.94. The number of hydrogen-bond acceptors (Lipinski definition) is 3. The zero-order chi connectivity index (χ0) is 19.2. The fourth-order valence-electron chi connectivity index (χ4n) is 4.13. The highest BCUT2D eigenvalue weighted by Gasteiger charge is 2.39. The van der Waals surface area contributed by atoms with Gasteiger partial charge in [0, 0.05) is 24.8 Å². The van der Waals surface area contributed by atoms with E-state index < -0.39 is 11.9 Å². The lowest BCUT2D eigenvalue weighted by atomic mass is 9.80. The van der Waals surface area contributed by atoms with Gasteiger partial charge in [0.2, 0.25) is 0 Å². The summed E-state index contributed by atoms with van der Waals surface area (Å²) in [5.74, 6) is 0.713. The van der Waals surface area contributed by atoms with Gasteiger partial charge in [-0.1, -0.05) is 0 Å². The molecule has 5 nitrogen and oxygen atoms in total. The fourth-order valence-corrected chi connectivity index (χ4v) is 4.13. The normalized spacial score (nSPS) is 25.5. The van der Waals surface area contributed by atoms with Crippen molar-refractivity contribution in [3.8, 4) is 5.69 Å². The van der Waals surface area contributed by atoms with Crippen molar-refractivity contribution in [1.82, 2.24) is 14.7 Å². The number of amides is 1. The van der Waals surface area contributed by atoms with Crippen molar-refractivity contribution in [2.45, 2.75) is 31.5 Å². The average Bonchev–Trinajstić information content (AvgIpc) is 3.28. The molecule has 1 amide bonds. The minimum Gasteiger partial charge on any atom is -0.393 e. The van der Waals surface area contributed by atoms with E-state index in [2.05, 4.69) is 5.10 Å². The summed E-state index contributed by atoms with van der Waals surface area (Å²) < 4.78 is 39.1. The molecule has 2 heterocycles. The molecule has 1 aromatic heterocycles. The zero-order valence-corrected chi connectivity index (χ0v) is 14.6. The molecule has 2 aromatic rings. The van der Waals surface area contributed by atoms with E-state index in [1.54, 1.807) is 24.3 Å². The number of alkyl halides is 3. The summed E-state index contributed by atoms with van der Waals surface area (Å²) in [6, 6.07) is 7.33. The maximum Gasteiger partial charge on any atom is 0.435 e. The van der Waals surface area contributed by atoms with Crippen LogP contribution in [0.2, 0.25) is 0 Å². The number of fused-ring (bicyclic) bond motifs is 1. The molecule has 0 spiro atoms. The monoisotopic (exact) mass is 379 g/mol. The Morgan fingerprint density at radius 1 is 1.07 bits per heavy atom. The standard InChI is InChI=1S/C19H20F3N3O2/c20-19(21,22)17-7-8-25(23-17)15-4-1-12(2-5-15)18(27)24-10-13-3-6-16(26)9-14(13)11-24/h1-2,4-5,7-8,13-14,16,26H,3,6,9-11H2. The Bertz CT molecular complexity index is 831. The molecule has 8 heteroatoms. The van der Waals surface area contributed by atoms with Gasteiger partial charge in [-0.15, -0.1) is 0 Å². The average molecular weight is 379 g/mol. The van der Waals surface area contributed by atoms with Crippen LogP contribution in [-0.2, 0) is 6.18 Å². The van der Waals surface area contributed by atoms with E-state index in [1.807, 2.05) is 4.90 Å². The van der Waals surface area contributed by atoms with E-state index in [4.69, 9.17) is 0 Å². The minimum atomic E-state index is -4.48. The van der Waals surface area contributed by atoms with E-state index in [9.17, 15) is 23.1 Å². The van der Waals surface area contributed by atoms with E-state index in [0.717, 1.165) is 30.0 Å². The van der Waals surface area contributed by atoms with Crippen LogP contribution in [0.4, 0.5) is 13.2 Å². The second kappa shape index (κ2) is 6.67.